The Morgan fingerprint density at radius 2 is 1.93 bits per heavy atom. The molecule has 6 heteroatoms. The summed E-state index contributed by atoms with van der Waals surface area (Å²) in [6.07, 6.45) is 20.8. The minimum Gasteiger partial charge on any atom is -0.481 e. The van der Waals surface area contributed by atoms with E-state index < -0.39 is 12.1 Å². The van der Waals surface area contributed by atoms with Crippen LogP contribution in [0.1, 0.15) is 51.9 Å². The Kier molecular flexibility index (Phi) is 10.2. The van der Waals surface area contributed by atoms with E-state index >= 15 is 0 Å². The van der Waals surface area contributed by atoms with Crippen LogP contribution < -0.4 is 0 Å². The van der Waals surface area contributed by atoms with Gasteiger partial charge < -0.3 is 5.11 Å². The van der Waals surface area contributed by atoms with E-state index in [1.165, 1.54) is 0 Å². The van der Waals surface area contributed by atoms with Gasteiger partial charge in [0.2, 0.25) is 0 Å². The summed E-state index contributed by atoms with van der Waals surface area (Å²) < 4.78 is 0. The van der Waals surface area contributed by atoms with E-state index in [2.05, 4.69) is 36.1 Å². The van der Waals surface area contributed by atoms with Crippen molar-refractivity contribution in [3.63, 3.8) is 0 Å². The number of carboxylic acid groups (broad SMARTS) is 1. The molecule has 0 aromatic heterocycles. The first-order valence-corrected chi connectivity index (χ1v) is 10.1. The molecular weight excluding hydrogens is 360 g/mol. The van der Waals surface area contributed by atoms with Crippen molar-refractivity contribution in [1.82, 2.24) is 0 Å². The SMILES string of the molecule is CC/C=C\C/C=C\C[C@@H](/C=C/[C@@H]1[C@H](C/C=C\CCC(=O)O)[C@@H]2C[C@H]1OO2)OO. The first kappa shape index (κ1) is 22.6. The minimum atomic E-state index is -0.785. The lowest BCUT2D eigenvalue weighted by molar-refractivity contribution is -0.336. The predicted molar refractivity (Wildman–Crippen MR) is 106 cm³/mol. The minimum absolute atomic E-state index is 0.0211. The van der Waals surface area contributed by atoms with Crippen molar-refractivity contribution < 1.29 is 29.8 Å². The molecule has 2 rings (SSSR count). The summed E-state index contributed by atoms with van der Waals surface area (Å²) in [5, 5.41) is 17.9. The molecular formula is C22H32O6. The largest absolute Gasteiger partial charge is 0.481 e. The molecule has 1 aliphatic heterocycles. The number of allylic oxidation sites excluding steroid dienone is 5. The van der Waals surface area contributed by atoms with E-state index in [1.54, 1.807) is 0 Å². The lowest BCUT2D eigenvalue weighted by Gasteiger charge is -2.27. The third kappa shape index (κ3) is 7.36. The Labute approximate surface area is 167 Å². The average molecular weight is 392 g/mol. The number of hydrogen-bond donors (Lipinski definition) is 2. The van der Waals surface area contributed by atoms with E-state index in [-0.39, 0.29) is 30.5 Å². The molecule has 1 saturated carbocycles. The Morgan fingerprint density at radius 3 is 2.68 bits per heavy atom. The summed E-state index contributed by atoms with van der Waals surface area (Å²) in [6.45, 7) is 2.10. The molecule has 6 nitrogen and oxygen atoms in total. The zero-order valence-electron chi connectivity index (χ0n) is 16.5. The lowest BCUT2D eigenvalue weighted by atomic mass is 9.89. The number of hydrogen-bond acceptors (Lipinski definition) is 5. The van der Waals surface area contributed by atoms with Crippen molar-refractivity contribution in [1.29, 1.82) is 0 Å². The monoisotopic (exact) mass is 392 g/mol. The van der Waals surface area contributed by atoms with Gasteiger partial charge in [-0.2, -0.15) is 0 Å². The van der Waals surface area contributed by atoms with Gasteiger partial charge in [0.05, 0.1) is 6.10 Å². The molecule has 2 fully saturated rings. The van der Waals surface area contributed by atoms with Crippen LogP contribution in [0.4, 0.5) is 0 Å². The number of carboxylic acids is 1. The van der Waals surface area contributed by atoms with Crippen molar-refractivity contribution in [2.24, 2.45) is 11.8 Å². The molecule has 0 spiro atoms. The van der Waals surface area contributed by atoms with Crippen LogP contribution in [0.25, 0.3) is 0 Å². The Morgan fingerprint density at radius 1 is 1.14 bits per heavy atom. The van der Waals surface area contributed by atoms with Gasteiger partial charge in [-0.25, -0.2) is 14.7 Å². The van der Waals surface area contributed by atoms with E-state index in [0.717, 1.165) is 25.7 Å². The zero-order chi connectivity index (χ0) is 20.2. The molecule has 1 heterocycles. The predicted octanol–water partition coefficient (Wildman–Crippen LogP) is 4.85. The summed E-state index contributed by atoms with van der Waals surface area (Å²) in [4.78, 5) is 25.9. The second-order valence-electron chi connectivity index (χ2n) is 7.24. The van der Waals surface area contributed by atoms with Crippen LogP contribution in [0.3, 0.4) is 0 Å². The Balaban J connectivity index is 1.84. The number of aliphatic carboxylic acids is 1. The van der Waals surface area contributed by atoms with Crippen LogP contribution in [0.15, 0.2) is 48.6 Å². The van der Waals surface area contributed by atoms with Crippen LogP contribution in [-0.4, -0.2) is 34.6 Å². The van der Waals surface area contributed by atoms with E-state index in [4.69, 9.17) is 20.1 Å². The molecule has 28 heavy (non-hydrogen) atoms. The third-order valence-electron chi connectivity index (χ3n) is 5.16. The van der Waals surface area contributed by atoms with Crippen LogP contribution in [-0.2, 0) is 19.5 Å². The fraction of sp³-hybridized carbons (Fsp3) is 0.591. The second kappa shape index (κ2) is 12.7. The van der Waals surface area contributed by atoms with Crippen LogP contribution in [0.5, 0.6) is 0 Å². The van der Waals surface area contributed by atoms with Gasteiger partial charge >= 0.3 is 5.97 Å². The van der Waals surface area contributed by atoms with Crippen LogP contribution in [0.2, 0.25) is 0 Å². The quantitative estimate of drug-likeness (QED) is 0.265. The molecule has 0 aromatic carbocycles. The molecule has 0 unspecified atom stereocenters. The van der Waals surface area contributed by atoms with Crippen molar-refractivity contribution in [3.05, 3.63) is 48.6 Å². The number of rotatable bonds is 13. The molecule has 2 bridgehead atoms. The van der Waals surface area contributed by atoms with Gasteiger partial charge in [-0.05, 0) is 32.1 Å². The van der Waals surface area contributed by atoms with E-state index in [0.29, 0.717) is 12.8 Å². The Hall–Kier alpha value is -1.73. The molecule has 5 atom stereocenters. The summed E-state index contributed by atoms with van der Waals surface area (Å²) in [5.74, 6) is -0.310. The summed E-state index contributed by atoms with van der Waals surface area (Å²) in [6, 6.07) is 0. The second-order valence-corrected chi connectivity index (χ2v) is 7.24. The van der Waals surface area contributed by atoms with Gasteiger partial charge in [-0.3, -0.25) is 10.1 Å². The fourth-order valence-corrected chi connectivity index (χ4v) is 3.67. The van der Waals surface area contributed by atoms with Crippen molar-refractivity contribution in [3.8, 4) is 0 Å². The summed E-state index contributed by atoms with van der Waals surface area (Å²) >= 11 is 0. The van der Waals surface area contributed by atoms with Gasteiger partial charge in [0.25, 0.3) is 0 Å². The topological polar surface area (TPSA) is 85.2 Å². The molecule has 156 valence electrons. The molecule has 2 N–H and O–H groups in total. The van der Waals surface area contributed by atoms with Crippen LogP contribution in [0, 0.1) is 11.8 Å². The van der Waals surface area contributed by atoms with Gasteiger partial charge in [0, 0.05) is 24.7 Å². The van der Waals surface area contributed by atoms with Gasteiger partial charge in [0.1, 0.15) is 12.2 Å². The highest BCUT2D eigenvalue weighted by Gasteiger charge is 2.49. The maximum Gasteiger partial charge on any atom is 0.303 e. The highest BCUT2D eigenvalue weighted by atomic mass is 17.2. The zero-order valence-corrected chi connectivity index (χ0v) is 16.5. The molecule has 0 aromatic rings. The van der Waals surface area contributed by atoms with Gasteiger partial charge in [0.15, 0.2) is 0 Å². The highest BCUT2D eigenvalue weighted by Crippen LogP contribution is 2.44. The van der Waals surface area contributed by atoms with Crippen LogP contribution >= 0.6 is 0 Å². The summed E-state index contributed by atoms with van der Waals surface area (Å²) in [7, 11) is 0. The van der Waals surface area contributed by atoms with Gasteiger partial charge in [-0.1, -0.05) is 55.5 Å². The maximum atomic E-state index is 10.6. The molecule has 0 radical (unpaired) electrons. The fourth-order valence-electron chi connectivity index (χ4n) is 3.67. The van der Waals surface area contributed by atoms with E-state index in [9.17, 15) is 4.79 Å². The smallest absolute Gasteiger partial charge is 0.303 e. The normalized spacial score (nSPS) is 28.5. The number of carbonyl (C=O) groups is 1. The first-order valence-electron chi connectivity index (χ1n) is 10.1. The first-order chi connectivity index (χ1) is 13.7. The van der Waals surface area contributed by atoms with Crippen molar-refractivity contribution >= 4 is 5.97 Å². The molecule has 0 amide bonds. The maximum absolute atomic E-state index is 10.6. The molecule has 2 aliphatic rings. The average Bonchev–Trinajstić information content (AvgIpc) is 3.28. The standard InChI is InChI=1S/C22H32O6/c1-2-3-4-5-6-8-11-17(26-25)14-15-19-18(20-16-21(19)28-27-20)12-9-7-10-13-22(23)24/h3-4,6-9,14-15,17-21,25H,2,5,10-13,16H2,1H3,(H,23,24)/b4-3-,8-6-,9-7-,15-14+/t17-,18-,19+,20-,21+/m0/s1. The Bertz CT molecular complexity index is 580. The van der Waals surface area contributed by atoms with Crippen molar-refractivity contribution in [2.45, 2.75) is 70.2 Å². The number of fused-ring (bicyclic) bond motifs is 2. The van der Waals surface area contributed by atoms with E-state index in [1.807, 2.05) is 24.3 Å². The van der Waals surface area contributed by atoms with Gasteiger partial charge in [-0.15, -0.1) is 0 Å². The lowest BCUT2D eigenvalue weighted by Crippen LogP contribution is -2.29. The molecule has 1 saturated heterocycles. The summed E-state index contributed by atoms with van der Waals surface area (Å²) in [5.41, 5.74) is 0. The van der Waals surface area contributed by atoms with Crippen molar-refractivity contribution in [2.75, 3.05) is 0 Å². The molecule has 1 aliphatic carbocycles. The third-order valence-corrected chi connectivity index (χ3v) is 5.16. The highest BCUT2D eigenvalue weighted by molar-refractivity contribution is 5.66.